The van der Waals surface area contributed by atoms with E-state index in [2.05, 4.69) is 22.3 Å². The number of furan rings is 1. The van der Waals surface area contributed by atoms with E-state index in [1.165, 1.54) is 12.8 Å². The summed E-state index contributed by atoms with van der Waals surface area (Å²) < 4.78 is 7.54. The van der Waals surface area contributed by atoms with Crippen molar-refractivity contribution in [2.75, 3.05) is 19.6 Å². The summed E-state index contributed by atoms with van der Waals surface area (Å²) in [6.07, 6.45) is 5.91. The lowest BCUT2D eigenvalue weighted by Gasteiger charge is -2.25. The first-order chi connectivity index (χ1) is 15.8. The molecular weight excluding hydrogens is 420 g/mol. The number of nitrogens with zero attached hydrogens (tertiary/aromatic N) is 3. The molecule has 0 spiro atoms. The SMILES string of the molecule is O=C(NC[C@H](c1ccco1)N1CCCC1)c1cn(Cc2ccccc2)nc1-c1cccs1. The lowest BCUT2D eigenvalue weighted by molar-refractivity contribution is 0.0934. The molecule has 1 N–H and O–H groups in total. The molecule has 1 fully saturated rings. The van der Waals surface area contributed by atoms with Gasteiger partial charge in [0, 0.05) is 12.7 Å². The van der Waals surface area contributed by atoms with E-state index in [0.29, 0.717) is 18.7 Å². The van der Waals surface area contributed by atoms with Crippen LogP contribution in [0.2, 0.25) is 0 Å². The summed E-state index contributed by atoms with van der Waals surface area (Å²) >= 11 is 1.59. The second kappa shape index (κ2) is 9.54. The zero-order valence-electron chi connectivity index (χ0n) is 17.8. The zero-order valence-corrected chi connectivity index (χ0v) is 18.6. The van der Waals surface area contributed by atoms with Gasteiger partial charge in [-0.25, -0.2) is 0 Å². The highest BCUT2D eigenvalue weighted by Crippen LogP contribution is 2.28. The Labute approximate surface area is 191 Å². The van der Waals surface area contributed by atoms with Crippen molar-refractivity contribution < 1.29 is 9.21 Å². The highest BCUT2D eigenvalue weighted by Gasteiger charge is 2.27. The standard InChI is InChI=1S/C25H26N4O2S/c30-25(26-16-21(22-10-6-14-31-22)28-12-4-5-13-28)20-18-29(17-19-8-2-1-3-9-19)27-24(20)23-11-7-15-32-23/h1-3,6-11,14-15,18,21H,4-5,12-13,16-17H2,(H,26,30)/t21-/m1/s1. The molecule has 6 nitrogen and oxygen atoms in total. The first kappa shape index (κ1) is 20.7. The van der Waals surface area contributed by atoms with Crippen LogP contribution >= 0.6 is 11.3 Å². The molecule has 4 heterocycles. The molecule has 5 rings (SSSR count). The largest absolute Gasteiger partial charge is 0.468 e. The van der Waals surface area contributed by atoms with Crippen LogP contribution in [0.1, 0.15) is 40.6 Å². The summed E-state index contributed by atoms with van der Waals surface area (Å²) in [5, 5.41) is 9.92. The lowest BCUT2D eigenvalue weighted by Crippen LogP contribution is -2.36. The molecule has 0 saturated carbocycles. The van der Waals surface area contributed by atoms with Crippen LogP contribution in [0.3, 0.4) is 0 Å². The molecule has 0 aliphatic carbocycles. The Kier molecular flexibility index (Phi) is 6.18. The number of hydrogen-bond acceptors (Lipinski definition) is 5. The second-order valence-corrected chi connectivity index (χ2v) is 8.98. The normalized spacial score (nSPS) is 15.1. The summed E-state index contributed by atoms with van der Waals surface area (Å²) in [5.41, 5.74) is 2.47. The van der Waals surface area contributed by atoms with Gasteiger partial charge in [-0.2, -0.15) is 5.10 Å². The van der Waals surface area contributed by atoms with Crippen molar-refractivity contribution in [3.63, 3.8) is 0 Å². The smallest absolute Gasteiger partial charge is 0.255 e. The number of nitrogens with one attached hydrogen (secondary N) is 1. The van der Waals surface area contributed by atoms with Crippen molar-refractivity contribution in [2.45, 2.75) is 25.4 Å². The lowest BCUT2D eigenvalue weighted by atomic mass is 10.1. The molecule has 1 aliphatic heterocycles. The molecule has 3 aromatic heterocycles. The van der Waals surface area contributed by atoms with Crippen LogP contribution in [0, 0.1) is 0 Å². The van der Waals surface area contributed by atoms with E-state index >= 15 is 0 Å². The van der Waals surface area contributed by atoms with E-state index in [4.69, 9.17) is 9.52 Å². The average Bonchev–Trinajstić information content (AvgIpc) is 3.62. The third kappa shape index (κ3) is 4.54. The fraction of sp³-hybridized carbons (Fsp3) is 0.280. The number of amides is 1. The number of rotatable bonds is 8. The monoisotopic (exact) mass is 446 g/mol. The summed E-state index contributed by atoms with van der Waals surface area (Å²) in [6.45, 7) is 3.17. The van der Waals surface area contributed by atoms with E-state index in [0.717, 1.165) is 35.0 Å². The van der Waals surface area contributed by atoms with Gasteiger partial charge in [0.1, 0.15) is 11.5 Å². The molecule has 1 saturated heterocycles. The molecule has 32 heavy (non-hydrogen) atoms. The van der Waals surface area contributed by atoms with E-state index in [1.807, 2.05) is 58.7 Å². The van der Waals surface area contributed by atoms with Gasteiger partial charge in [0.15, 0.2) is 0 Å². The highest BCUT2D eigenvalue weighted by atomic mass is 32.1. The maximum atomic E-state index is 13.3. The van der Waals surface area contributed by atoms with Gasteiger partial charge in [-0.05, 0) is 55.1 Å². The topological polar surface area (TPSA) is 63.3 Å². The van der Waals surface area contributed by atoms with Crippen molar-refractivity contribution in [1.29, 1.82) is 0 Å². The molecule has 1 amide bonds. The molecule has 0 unspecified atom stereocenters. The maximum absolute atomic E-state index is 13.3. The Bertz CT molecular complexity index is 1130. The van der Waals surface area contributed by atoms with Gasteiger partial charge in [0.2, 0.25) is 0 Å². The Morgan fingerprint density at radius 1 is 1.09 bits per heavy atom. The van der Waals surface area contributed by atoms with Crippen LogP contribution in [0.15, 0.2) is 76.9 Å². The van der Waals surface area contributed by atoms with Crippen molar-refractivity contribution in [3.05, 3.63) is 89.3 Å². The molecular formula is C25H26N4O2S. The minimum Gasteiger partial charge on any atom is -0.468 e. The summed E-state index contributed by atoms with van der Waals surface area (Å²) in [5.74, 6) is 0.786. The van der Waals surface area contributed by atoms with Gasteiger partial charge in [-0.3, -0.25) is 14.4 Å². The maximum Gasteiger partial charge on any atom is 0.255 e. The Hall–Kier alpha value is -3.16. The molecule has 1 aliphatic rings. The number of carbonyl (C=O) groups is 1. The van der Waals surface area contributed by atoms with Crippen molar-refractivity contribution >= 4 is 17.2 Å². The fourth-order valence-electron chi connectivity index (χ4n) is 4.26. The number of benzene rings is 1. The van der Waals surface area contributed by atoms with Crippen LogP contribution in [0.4, 0.5) is 0 Å². The molecule has 0 radical (unpaired) electrons. The fourth-order valence-corrected chi connectivity index (χ4v) is 4.99. The number of likely N-dealkylation sites (tertiary alicyclic amines) is 1. The minimum atomic E-state index is -0.108. The quantitative estimate of drug-likeness (QED) is 0.422. The molecule has 164 valence electrons. The summed E-state index contributed by atoms with van der Waals surface area (Å²) in [6, 6.07) is 18.1. The van der Waals surface area contributed by atoms with Crippen molar-refractivity contribution in [2.24, 2.45) is 0 Å². The van der Waals surface area contributed by atoms with Gasteiger partial charge < -0.3 is 9.73 Å². The highest BCUT2D eigenvalue weighted by molar-refractivity contribution is 7.13. The van der Waals surface area contributed by atoms with E-state index in [1.54, 1.807) is 17.6 Å². The van der Waals surface area contributed by atoms with Crippen LogP contribution < -0.4 is 5.32 Å². The van der Waals surface area contributed by atoms with Crippen LogP contribution in [0.25, 0.3) is 10.6 Å². The summed E-state index contributed by atoms with van der Waals surface area (Å²) in [4.78, 5) is 16.7. The van der Waals surface area contributed by atoms with Gasteiger partial charge in [-0.1, -0.05) is 36.4 Å². The Balaban J connectivity index is 1.37. The predicted molar refractivity (Wildman–Crippen MR) is 126 cm³/mol. The van der Waals surface area contributed by atoms with E-state index in [-0.39, 0.29) is 11.9 Å². The molecule has 1 aromatic carbocycles. The van der Waals surface area contributed by atoms with E-state index < -0.39 is 0 Å². The van der Waals surface area contributed by atoms with Gasteiger partial charge in [0.05, 0.1) is 29.3 Å². The number of carbonyl (C=O) groups excluding carboxylic acids is 1. The first-order valence-corrected chi connectivity index (χ1v) is 11.9. The Morgan fingerprint density at radius 3 is 2.66 bits per heavy atom. The van der Waals surface area contributed by atoms with Crippen LogP contribution in [0.5, 0.6) is 0 Å². The zero-order chi connectivity index (χ0) is 21.8. The van der Waals surface area contributed by atoms with Crippen LogP contribution in [-0.4, -0.2) is 40.2 Å². The second-order valence-electron chi connectivity index (χ2n) is 8.04. The summed E-state index contributed by atoms with van der Waals surface area (Å²) in [7, 11) is 0. The van der Waals surface area contributed by atoms with Crippen molar-refractivity contribution in [3.8, 4) is 10.6 Å². The first-order valence-electron chi connectivity index (χ1n) is 11.0. The van der Waals surface area contributed by atoms with Crippen molar-refractivity contribution in [1.82, 2.24) is 20.0 Å². The van der Waals surface area contributed by atoms with Gasteiger partial charge in [0.25, 0.3) is 5.91 Å². The third-order valence-electron chi connectivity index (χ3n) is 5.86. The number of aromatic nitrogens is 2. The van der Waals surface area contributed by atoms with E-state index in [9.17, 15) is 4.79 Å². The average molecular weight is 447 g/mol. The molecule has 1 atom stereocenters. The van der Waals surface area contributed by atoms with Gasteiger partial charge >= 0.3 is 0 Å². The predicted octanol–water partition coefficient (Wildman–Crippen LogP) is 4.82. The van der Waals surface area contributed by atoms with Gasteiger partial charge in [-0.15, -0.1) is 11.3 Å². The third-order valence-corrected chi connectivity index (χ3v) is 6.73. The molecule has 7 heteroatoms. The molecule has 4 aromatic rings. The van der Waals surface area contributed by atoms with Crippen LogP contribution in [-0.2, 0) is 6.54 Å². The molecule has 0 bridgehead atoms. The number of hydrogen-bond donors (Lipinski definition) is 1. The Morgan fingerprint density at radius 2 is 1.94 bits per heavy atom. The minimum absolute atomic E-state index is 0.0426. The number of thiophene rings is 1.